The van der Waals surface area contributed by atoms with E-state index in [0.717, 1.165) is 46.3 Å². The first-order valence-corrected chi connectivity index (χ1v) is 12.2. The van der Waals surface area contributed by atoms with Crippen molar-refractivity contribution in [2.45, 2.75) is 32.4 Å². The Hall–Kier alpha value is -2.96. The molecule has 0 saturated heterocycles. The molecule has 0 atom stereocenters. The Balaban J connectivity index is 1.26. The highest BCUT2D eigenvalue weighted by molar-refractivity contribution is 7.22. The van der Waals surface area contributed by atoms with Crippen LogP contribution in [0.5, 0.6) is 0 Å². The molecule has 4 aromatic rings. The van der Waals surface area contributed by atoms with Gasteiger partial charge in [-0.3, -0.25) is 14.2 Å². The Morgan fingerprint density at radius 3 is 2.52 bits per heavy atom. The first kappa shape index (κ1) is 21.9. The molecule has 1 aliphatic carbocycles. The van der Waals surface area contributed by atoms with Gasteiger partial charge in [0.15, 0.2) is 0 Å². The van der Waals surface area contributed by atoms with Crippen molar-refractivity contribution in [2.75, 3.05) is 7.05 Å². The molecule has 0 aliphatic heterocycles. The van der Waals surface area contributed by atoms with Crippen LogP contribution in [-0.4, -0.2) is 27.4 Å². The summed E-state index contributed by atoms with van der Waals surface area (Å²) in [6.07, 6.45) is 4.42. The van der Waals surface area contributed by atoms with Crippen LogP contribution in [0, 0.1) is 5.92 Å². The molecule has 1 saturated carbocycles. The molecular formula is C26H24ClN3O2S. The number of thiophene rings is 1. The molecule has 0 unspecified atom stereocenters. The molecule has 5 rings (SSSR count). The molecule has 0 radical (unpaired) electrons. The average molecular weight is 478 g/mol. The van der Waals surface area contributed by atoms with Crippen molar-refractivity contribution in [1.82, 2.24) is 14.5 Å². The van der Waals surface area contributed by atoms with Gasteiger partial charge in [0.1, 0.15) is 4.70 Å². The smallest absolute Gasteiger partial charge is 0.271 e. The number of carbonyl (C=O) groups excluding carboxylic acids is 1. The van der Waals surface area contributed by atoms with Crippen LogP contribution in [0.25, 0.3) is 20.7 Å². The van der Waals surface area contributed by atoms with E-state index in [1.807, 2.05) is 42.3 Å². The Kier molecular flexibility index (Phi) is 6.04. The molecule has 1 amide bonds. The highest BCUT2D eigenvalue weighted by atomic mass is 35.5. The summed E-state index contributed by atoms with van der Waals surface area (Å²) in [6, 6.07) is 17.8. The first-order chi connectivity index (χ1) is 16.0. The summed E-state index contributed by atoms with van der Waals surface area (Å²) in [7, 11) is 1.87. The number of nitrogens with zero attached hydrogens (tertiary/aromatic N) is 3. The Morgan fingerprint density at radius 1 is 1.12 bits per heavy atom. The number of aryl methyl sites for hydroxylation is 2. The number of aromatic nitrogens is 2. The maximum absolute atomic E-state index is 13.0. The van der Waals surface area contributed by atoms with Crippen molar-refractivity contribution in [3.05, 3.63) is 87.4 Å². The summed E-state index contributed by atoms with van der Waals surface area (Å²) in [5.74, 6) is 0.485. The van der Waals surface area contributed by atoms with Crippen LogP contribution in [0.15, 0.2) is 65.7 Å². The summed E-state index contributed by atoms with van der Waals surface area (Å²) in [5, 5.41) is 0.687. The second-order valence-corrected chi connectivity index (χ2v) is 10.1. The fourth-order valence-electron chi connectivity index (χ4n) is 3.92. The molecule has 0 spiro atoms. The summed E-state index contributed by atoms with van der Waals surface area (Å²) >= 11 is 7.45. The third kappa shape index (κ3) is 4.87. The molecule has 2 heterocycles. The molecule has 1 fully saturated rings. The lowest BCUT2D eigenvalue weighted by molar-refractivity contribution is -0.131. The summed E-state index contributed by atoms with van der Waals surface area (Å²) in [5.41, 5.74) is 4.00. The average Bonchev–Trinajstić information content (AvgIpc) is 3.58. The van der Waals surface area contributed by atoms with Crippen molar-refractivity contribution in [2.24, 2.45) is 5.92 Å². The van der Waals surface area contributed by atoms with Gasteiger partial charge in [0.25, 0.3) is 5.56 Å². The SMILES string of the molecule is CN(Cc1ccc(CCn2cnc3cc(-c4ccc(Cl)cc4)sc3c2=O)cc1)C(=O)C1CC1. The number of hydrogen-bond acceptors (Lipinski definition) is 4. The van der Waals surface area contributed by atoms with Crippen LogP contribution < -0.4 is 5.56 Å². The quantitative estimate of drug-likeness (QED) is 0.358. The van der Waals surface area contributed by atoms with E-state index in [-0.39, 0.29) is 17.4 Å². The van der Waals surface area contributed by atoms with E-state index in [0.29, 0.717) is 22.8 Å². The van der Waals surface area contributed by atoms with Gasteiger partial charge >= 0.3 is 0 Å². The van der Waals surface area contributed by atoms with Gasteiger partial charge in [-0.25, -0.2) is 4.98 Å². The van der Waals surface area contributed by atoms with Crippen LogP contribution in [0.3, 0.4) is 0 Å². The van der Waals surface area contributed by atoms with Gasteiger partial charge in [0.2, 0.25) is 5.91 Å². The van der Waals surface area contributed by atoms with E-state index in [9.17, 15) is 9.59 Å². The van der Waals surface area contributed by atoms with E-state index >= 15 is 0 Å². The van der Waals surface area contributed by atoms with E-state index < -0.39 is 0 Å². The Labute approximate surface area is 201 Å². The van der Waals surface area contributed by atoms with E-state index in [2.05, 4.69) is 29.2 Å². The molecule has 2 aromatic carbocycles. The van der Waals surface area contributed by atoms with Crippen LogP contribution >= 0.6 is 22.9 Å². The Morgan fingerprint density at radius 2 is 1.82 bits per heavy atom. The van der Waals surface area contributed by atoms with E-state index in [1.165, 1.54) is 11.3 Å². The van der Waals surface area contributed by atoms with Crippen molar-refractivity contribution in [1.29, 1.82) is 0 Å². The molecule has 7 heteroatoms. The van der Waals surface area contributed by atoms with Gasteiger partial charge in [-0.05, 0) is 54.2 Å². The van der Waals surface area contributed by atoms with Gasteiger partial charge < -0.3 is 4.90 Å². The summed E-state index contributed by atoms with van der Waals surface area (Å²) in [4.78, 5) is 32.5. The lowest BCUT2D eigenvalue weighted by Gasteiger charge is -2.17. The van der Waals surface area contributed by atoms with Crippen LogP contribution in [0.2, 0.25) is 5.02 Å². The van der Waals surface area contributed by atoms with Gasteiger partial charge in [0.05, 0.1) is 11.8 Å². The van der Waals surface area contributed by atoms with Crippen LogP contribution in [-0.2, 0) is 24.3 Å². The van der Waals surface area contributed by atoms with E-state index in [4.69, 9.17) is 11.6 Å². The zero-order valence-electron chi connectivity index (χ0n) is 18.3. The van der Waals surface area contributed by atoms with Gasteiger partial charge in [-0.15, -0.1) is 11.3 Å². The van der Waals surface area contributed by atoms with Gasteiger partial charge in [-0.2, -0.15) is 0 Å². The molecule has 168 valence electrons. The highest BCUT2D eigenvalue weighted by Gasteiger charge is 2.31. The molecular weight excluding hydrogens is 454 g/mol. The first-order valence-electron chi connectivity index (χ1n) is 11.1. The van der Waals surface area contributed by atoms with Crippen molar-refractivity contribution in [3.63, 3.8) is 0 Å². The van der Waals surface area contributed by atoms with Crippen molar-refractivity contribution < 1.29 is 4.79 Å². The maximum Gasteiger partial charge on any atom is 0.271 e. The lowest BCUT2D eigenvalue weighted by atomic mass is 10.1. The maximum atomic E-state index is 13.0. The Bertz CT molecular complexity index is 1360. The monoisotopic (exact) mass is 477 g/mol. The molecule has 0 bridgehead atoms. The highest BCUT2D eigenvalue weighted by Crippen LogP contribution is 2.32. The minimum atomic E-state index is -0.0120. The van der Waals surface area contributed by atoms with Crippen molar-refractivity contribution in [3.8, 4) is 10.4 Å². The zero-order chi connectivity index (χ0) is 22.9. The molecule has 5 nitrogen and oxygen atoms in total. The number of rotatable bonds is 7. The van der Waals surface area contributed by atoms with Crippen LogP contribution in [0.1, 0.15) is 24.0 Å². The summed E-state index contributed by atoms with van der Waals surface area (Å²) < 4.78 is 2.35. The summed E-state index contributed by atoms with van der Waals surface area (Å²) in [6.45, 7) is 1.19. The number of amides is 1. The number of carbonyl (C=O) groups is 1. The fourth-order valence-corrected chi connectivity index (χ4v) is 5.11. The molecule has 0 N–H and O–H groups in total. The molecule has 2 aromatic heterocycles. The second-order valence-electron chi connectivity index (χ2n) is 8.61. The number of fused-ring (bicyclic) bond motifs is 1. The third-order valence-corrected chi connectivity index (χ3v) is 7.43. The minimum Gasteiger partial charge on any atom is -0.341 e. The number of hydrogen-bond donors (Lipinski definition) is 0. The zero-order valence-corrected chi connectivity index (χ0v) is 19.9. The minimum absolute atomic E-state index is 0.0120. The molecule has 1 aliphatic rings. The van der Waals surface area contributed by atoms with Gasteiger partial charge in [0, 0.05) is 36.0 Å². The molecule has 33 heavy (non-hydrogen) atoms. The fraction of sp³-hybridized carbons (Fsp3) is 0.269. The predicted octanol–water partition coefficient (Wildman–Crippen LogP) is 5.39. The van der Waals surface area contributed by atoms with Crippen molar-refractivity contribution >= 4 is 39.1 Å². The topological polar surface area (TPSA) is 55.2 Å². The normalized spacial score (nSPS) is 13.4. The van der Waals surface area contributed by atoms with Crippen LogP contribution in [0.4, 0.5) is 0 Å². The largest absolute Gasteiger partial charge is 0.341 e. The van der Waals surface area contributed by atoms with Gasteiger partial charge in [-0.1, -0.05) is 48.0 Å². The second kappa shape index (κ2) is 9.12. The predicted molar refractivity (Wildman–Crippen MR) is 134 cm³/mol. The number of halogens is 1. The standard InChI is InChI=1S/C26H24ClN3O2S/c1-29(25(31)20-6-7-20)15-18-4-2-17(3-5-18)12-13-30-16-28-22-14-23(33-24(22)26(30)32)19-8-10-21(27)11-9-19/h2-5,8-11,14,16,20H,6-7,12-13,15H2,1H3. The third-order valence-electron chi connectivity index (χ3n) is 6.02. The van der Waals surface area contributed by atoms with E-state index in [1.54, 1.807) is 10.9 Å². The number of benzene rings is 2. The lowest BCUT2D eigenvalue weighted by Crippen LogP contribution is -2.27.